The van der Waals surface area contributed by atoms with Crippen LogP contribution in [0, 0.1) is 13.8 Å². The van der Waals surface area contributed by atoms with E-state index in [1.54, 1.807) is 31.2 Å². The Hall–Kier alpha value is -3.48. The Morgan fingerprint density at radius 1 is 1.07 bits per heavy atom. The molecule has 27 heavy (non-hydrogen) atoms. The highest BCUT2D eigenvalue weighted by Crippen LogP contribution is 2.21. The maximum absolute atomic E-state index is 11.7. The molecule has 2 N–H and O–H groups in total. The van der Waals surface area contributed by atoms with Crippen LogP contribution in [-0.2, 0) is 4.74 Å². The van der Waals surface area contributed by atoms with E-state index in [1.165, 1.54) is 11.8 Å². The number of aromatic nitrogens is 3. The van der Waals surface area contributed by atoms with Gasteiger partial charge in [0.2, 0.25) is 5.95 Å². The van der Waals surface area contributed by atoms with E-state index in [0.29, 0.717) is 23.9 Å². The van der Waals surface area contributed by atoms with E-state index in [1.807, 2.05) is 26.0 Å². The number of carbonyl (C=O) groups excluding carboxylic acids is 1. The van der Waals surface area contributed by atoms with E-state index >= 15 is 0 Å². The summed E-state index contributed by atoms with van der Waals surface area (Å²) in [6.45, 7) is 6.20. The number of esters is 1. The van der Waals surface area contributed by atoms with E-state index in [2.05, 4.69) is 31.9 Å². The highest BCUT2D eigenvalue weighted by molar-refractivity contribution is 5.89. The Labute approximate surface area is 157 Å². The van der Waals surface area contributed by atoms with Gasteiger partial charge in [0.15, 0.2) is 5.82 Å². The number of hydrogen-bond donors (Lipinski definition) is 2. The standard InChI is InChI=1S/C20H21N5O2/c1-4-27-19(26)15-6-8-16(9-7-15)22-18-12-21-25-20(24-18)23-17-10-5-13(2)11-14(17)3/h5-12H,4H2,1-3H3,(H2,22,23,24,25). The number of ether oxygens (including phenoxy) is 1. The van der Waals surface area contributed by atoms with E-state index in [4.69, 9.17) is 4.74 Å². The van der Waals surface area contributed by atoms with Gasteiger partial charge in [0.25, 0.3) is 0 Å². The lowest BCUT2D eigenvalue weighted by molar-refractivity contribution is 0.0526. The van der Waals surface area contributed by atoms with Crippen LogP contribution < -0.4 is 10.6 Å². The van der Waals surface area contributed by atoms with Gasteiger partial charge in [-0.25, -0.2) is 4.79 Å². The number of aryl methyl sites for hydroxylation is 2. The molecule has 7 heteroatoms. The second-order valence-electron chi connectivity index (χ2n) is 6.03. The molecule has 0 saturated carbocycles. The summed E-state index contributed by atoms with van der Waals surface area (Å²) in [7, 11) is 0. The van der Waals surface area contributed by atoms with Crippen molar-refractivity contribution in [2.24, 2.45) is 0 Å². The van der Waals surface area contributed by atoms with Crippen molar-refractivity contribution in [2.75, 3.05) is 17.2 Å². The zero-order valence-corrected chi connectivity index (χ0v) is 15.5. The molecular formula is C20H21N5O2. The highest BCUT2D eigenvalue weighted by Gasteiger charge is 2.07. The molecule has 0 fully saturated rings. The normalized spacial score (nSPS) is 10.3. The van der Waals surface area contributed by atoms with E-state index in [0.717, 1.165) is 16.9 Å². The molecule has 0 saturated heterocycles. The van der Waals surface area contributed by atoms with Gasteiger partial charge in [-0.05, 0) is 56.7 Å². The number of benzene rings is 2. The highest BCUT2D eigenvalue weighted by atomic mass is 16.5. The van der Waals surface area contributed by atoms with Crippen LogP contribution in [0.1, 0.15) is 28.4 Å². The third-order valence-corrected chi connectivity index (χ3v) is 3.86. The largest absolute Gasteiger partial charge is 0.462 e. The predicted octanol–water partition coefficient (Wildman–Crippen LogP) is 4.15. The minimum atomic E-state index is -0.340. The van der Waals surface area contributed by atoms with Crippen LogP contribution >= 0.6 is 0 Å². The molecule has 1 aromatic heterocycles. The second kappa shape index (κ2) is 8.27. The summed E-state index contributed by atoms with van der Waals surface area (Å²) in [4.78, 5) is 16.1. The van der Waals surface area contributed by atoms with Gasteiger partial charge in [-0.1, -0.05) is 17.7 Å². The molecule has 0 bridgehead atoms. The predicted molar refractivity (Wildman–Crippen MR) is 105 cm³/mol. The Morgan fingerprint density at radius 3 is 2.56 bits per heavy atom. The first-order valence-corrected chi connectivity index (χ1v) is 8.63. The summed E-state index contributed by atoms with van der Waals surface area (Å²) < 4.78 is 4.98. The van der Waals surface area contributed by atoms with Crippen molar-refractivity contribution < 1.29 is 9.53 Å². The molecule has 0 unspecified atom stereocenters. The summed E-state index contributed by atoms with van der Waals surface area (Å²) >= 11 is 0. The molecule has 2 aromatic carbocycles. The zero-order valence-electron chi connectivity index (χ0n) is 15.5. The monoisotopic (exact) mass is 363 g/mol. The summed E-state index contributed by atoms with van der Waals surface area (Å²) in [6, 6.07) is 13.1. The number of nitrogens with zero attached hydrogens (tertiary/aromatic N) is 3. The average Bonchev–Trinajstić information content (AvgIpc) is 2.65. The van der Waals surface area contributed by atoms with Crippen LogP contribution in [-0.4, -0.2) is 27.8 Å². The lowest BCUT2D eigenvalue weighted by atomic mass is 10.1. The van der Waals surface area contributed by atoms with Crippen molar-refractivity contribution in [2.45, 2.75) is 20.8 Å². The number of nitrogens with one attached hydrogen (secondary N) is 2. The summed E-state index contributed by atoms with van der Waals surface area (Å²) in [6.07, 6.45) is 1.53. The molecule has 0 aliphatic carbocycles. The molecule has 0 radical (unpaired) electrons. The maximum Gasteiger partial charge on any atom is 0.338 e. The fraction of sp³-hybridized carbons (Fsp3) is 0.200. The lowest BCUT2D eigenvalue weighted by Gasteiger charge is -2.10. The Bertz CT molecular complexity index is 941. The van der Waals surface area contributed by atoms with Crippen molar-refractivity contribution >= 4 is 29.1 Å². The van der Waals surface area contributed by atoms with Crippen LogP contribution in [0.25, 0.3) is 0 Å². The molecule has 0 aliphatic rings. The molecule has 7 nitrogen and oxygen atoms in total. The van der Waals surface area contributed by atoms with Crippen LogP contribution in [0.5, 0.6) is 0 Å². The topological polar surface area (TPSA) is 89.0 Å². The average molecular weight is 363 g/mol. The molecule has 0 aliphatic heterocycles. The van der Waals surface area contributed by atoms with Crippen molar-refractivity contribution in [3.8, 4) is 0 Å². The van der Waals surface area contributed by atoms with Crippen LogP contribution in [0.2, 0.25) is 0 Å². The van der Waals surface area contributed by atoms with Crippen molar-refractivity contribution in [1.82, 2.24) is 15.2 Å². The zero-order chi connectivity index (χ0) is 19.2. The SMILES string of the molecule is CCOC(=O)c1ccc(Nc2cnnc(Nc3ccc(C)cc3C)n2)cc1. The Kier molecular flexibility index (Phi) is 5.61. The summed E-state index contributed by atoms with van der Waals surface area (Å²) in [5, 5.41) is 14.3. The second-order valence-corrected chi connectivity index (χ2v) is 6.03. The van der Waals surface area contributed by atoms with Gasteiger partial charge in [-0.2, -0.15) is 10.1 Å². The number of rotatable bonds is 6. The molecular weight excluding hydrogens is 342 g/mol. The van der Waals surface area contributed by atoms with Gasteiger partial charge in [0.05, 0.1) is 18.4 Å². The van der Waals surface area contributed by atoms with E-state index < -0.39 is 0 Å². The minimum Gasteiger partial charge on any atom is -0.462 e. The fourth-order valence-electron chi connectivity index (χ4n) is 2.54. The van der Waals surface area contributed by atoms with Crippen molar-refractivity contribution in [3.05, 3.63) is 65.4 Å². The first-order valence-electron chi connectivity index (χ1n) is 8.63. The van der Waals surface area contributed by atoms with E-state index in [-0.39, 0.29) is 5.97 Å². The molecule has 138 valence electrons. The fourth-order valence-corrected chi connectivity index (χ4v) is 2.54. The molecule has 0 atom stereocenters. The third-order valence-electron chi connectivity index (χ3n) is 3.86. The van der Waals surface area contributed by atoms with Crippen molar-refractivity contribution in [1.29, 1.82) is 0 Å². The van der Waals surface area contributed by atoms with Crippen LogP contribution in [0.3, 0.4) is 0 Å². The van der Waals surface area contributed by atoms with Crippen LogP contribution in [0.4, 0.5) is 23.1 Å². The Balaban J connectivity index is 1.71. The van der Waals surface area contributed by atoms with Gasteiger partial charge in [-0.3, -0.25) is 0 Å². The number of carbonyl (C=O) groups is 1. The Morgan fingerprint density at radius 2 is 1.85 bits per heavy atom. The molecule has 3 aromatic rings. The molecule has 0 spiro atoms. The van der Waals surface area contributed by atoms with Gasteiger partial charge < -0.3 is 15.4 Å². The summed E-state index contributed by atoms with van der Waals surface area (Å²) in [5.41, 5.74) is 4.50. The lowest BCUT2D eigenvalue weighted by Crippen LogP contribution is -2.05. The molecule has 3 rings (SSSR count). The smallest absolute Gasteiger partial charge is 0.338 e. The molecule has 1 heterocycles. The van der Waals surface area contributed by atoms with E-state index in [9.17, 15) is 4.79 Å². The maximum atomic E-state index is 11.7. The number of hydrogen-bond acceptors (Lipinski definition) is 7. The van der Waals surface area contributed by atoms with Gasteiger partial charge in [-0.15, -0.1) is 5.10 Å². The third kappa shape index (κ3) is 4.78. The molecule has 0 amide bonds. The first kappa shape index (κ1) is 18.3. The van der Waals surface area contributed by atoms with Crippen LogP contribution in [0.15, 0.2) is 48.7 Å². The van der Waals surface area contributed by atoms with Gasteiger partial charge in [0, 0.05) is 11.4 Å². The first-order chi connectivity index (χ1) is 13.0. The van der Waals surface area contributed by atoms with Gasteiger partial charge >= 0.3 is 5.97 Å². The number of anilines is 4. The quantitative estimate of drug-likeness (QED) is 0.636. The minimum absolute atomic E-state index is 0.340. The van der Waals surface area contributed by atoms with Crippen molar-refractivity contribution in [3.63, 3.8) is 0 Å². The summed E-state index contributed by atoms with van der Waals surface area (Å²) in [5.74, 6) is 0.601. The van der Waals surface area contributed by atoms with Gasteiger partial charge in [0.1, 0.15) is 0 Å².